The monoisotopic (exact) mass is 527 g/mol. The van der Waals surface area contributed by atoms with Crippen LogP contribution in [0.1, 0.15) is 39.5 Å². The molecule has 1 unspecified atom stereocenters. The Morgan fingerprint density at radius 3 is 2.51 bits per heavy atom. The number of anilines is 2. The van der Waals surface area contributed by atoms with Gasteiger partial charge in [0.2, 0.25) is 5.83 Å². The zero-order valence-corrected chi connectivity index (χ0v) is 21.6. The molecule has 1 aliphatic rings. The molecule has 192 valence electrons. The smallest absolute Gasteiger partial charge is 0.368 e. The molecule has 35 heavy (non-hydrogen) atoms. The number of fused-ring (bicyclic) bond motifs is 1. The average molecular weight is 528 g/mol. The molecule has 0 aliphatic carbocycles. The van der Waals surface area contributed by atoms with E-state index in [2.05, 4.69) is 6.92 Å². The van der Waals surface area contributed by atoms with Crippen LogP contribution in [0, 0.1) is 11.2 Å². The summed E-state index contributed by atoms with van der Waals surface area (Å²) in [5.74, 6) is -3.36. The van der Waals surface area contributed by atoms with Gasteiger partial charge in [0.25, 0.3) is 0 Å². The molecule has 3 N–H and O–H groups in total. The lowest BCUT2D eigenvalue weighted by molar-refractivity contribution is -0.134. The van der Waals surface area contributed by atoms with Gasteiger partial charge in [-0.3, -0.25) is 9.11 Å². The van der Waals surface area contributed by atoms with E-state index in [1.807, 2.05) is 11.8 Å². The highest BCUT2D eigenvalue weighted by molar-refractivity contribution is 8.24. The Morgan fingerprint density at radius 1 is 1.26 bits per heavy atom. The van der Waals surface area contributed by atoms with Crippen molar-refractivity contribution in [3.05, 3.63) is 54.3 Å². The Balaban J connectivity index is 2.22. The Kier molecular flexibility index (Phi) is 8.74. The minimum absolute atomic E-state index is 0.115. The SMILES string of the molecule is CCCCC1(CC)CN(c2ccc(F)cc2)c2cc(SC)c(O/C=C(\F)C(=O)O)cc2S(O)(O)C1. The molecule has 0 spiro atoms. The maximum Gasteiger partial charge on any atom is 0.368 e. The van der Waals surface area contributed by atoms with Crippen LogP contribution in [0.4, 0.5) is 20.2 Å². The average Bonchev–Trinajstić information content (AvgIpc) is 2.93. The molecular formula is C25H31F2NO5S2. The number of hydrogen-bond donors (Lipinski definition) is 3. The minimum Gasteiger partial charge on any atom is -0.476 e. The van der Waals surface area contributed by atoms with E-state index < -0.39 is 27.8 Å². The molecule has 1 atom stereocenters. The predicted molar refractivity (Wildman–Crippen MR) is 137 cm³/mol. The maximum atomic E-state index is 13.7. The highest BCUT2D eigenvalue weighted by atomic mass is 32.3. The number of unbranched alkanes of at least 4 members (excludes halogenated alkanes) is 1. The van der Waals surface area contributed by atoms with E-state index in [1.165, 1.54) is 30.0 Å². The zero-order chi connectivity index (χ0) is 25.8. The second kappa shape index (κ2) is 11.2. The predicted octanol–water partition coefficient (Wildman–Crippen LogP) is 7.67. The standard InChI is InChI=1S/C25H31F2NO5S2/c1-4-6-11-25(5-2)15-28(18-9-7-17(26)8-10-18)20-12-22(34-3)21(33-14-19(27)24(29)30)13-23(20)35(31,32)16-25/h7-10,12-14,31-32H,4-6,11,15-16H2,1-3H3,(H,29,30)/b19-14-. The van der Waals surface area contributed by atoms with Crippen molar-refractivity contribution in [2.24, 2.45) is 5.41 Å². The van der Waals surface area contributed by atoms with Crippen LogP contribution in [-0.2, 0) is 4.79 Å². The second-order valence-corrected chi connectivity index (χ2v) is 11.6. The number of hydrogen-bond acceptors (Lipinski definition) is 6. The van der Waals surface area contributed by atoms with Crippen LogP contribution in [0.15, 0.2) is 58.3 Å². The highest BCUT2D eigenvalue weighted by Crippen LogP contribution is 2.62. The lowest BCUT2D eigenvalue weighted by atomic mass is 9.81. The van der Waals surface area contributed by atoms with Crippen LogP contribution in [0.2, 0.25) is 0 Å². The first kappa shape index (κ1) is 27.3. The van der Waals surface area contributed by atoms with E-state index in [9.17, 15) is 22.7 Å². The van der Waals surface area contributed by atoms with Gasteiger partial charge in [-0.05, 0) is 49.4 Å². The van der Waals surface area contributed by atoms with E-state index in [1.54, 1.807) is 24.5 Å². The van der Waals surface area contributed by atoms with Crippen molar-refractivity contribution in [1.82, 2.24) is 0 Å². The third kappa shape index (κ3) is 6.11. The molecule has 1 aliphatic heterocycles. The zero-order valence-electron chi connectivity index (χ0n) is 20.0. The van der Waals surface area contributed by atoms with Gasteiger partial charge in [-0.1, -0.05) is 26.7 Å². The number of aliphatic carboxylic acids is 1. The first-order valence-corrected chi connectivity index (χ1v) is 14.3. The fourth-order valence-electron chi connectivity index (χ4n) is 4.34. The molecule has 0 amide bonds. The van der Waals surface area contributed by atoms with Crippen LogP contribution in [0.25, 0.3) is 0 Å². The van der Waals surface area contributed by atoms with Crippen molar-refractivity contribution in [2.75, 3.05) is 23.5 Å². The Bertz CT molecular complexity index is 1090. The number of nitrogens with zero attached hydrogens (tertiary/aromatic N) is 1. The van der Waals surface area contributed by atoms with Crippen LogP contribution >= 0.6 is 22.4 Å². The van der Waals surface area contributed by atoms with Crippen molar-refractivity contribution in [2.45, 2.75) is 49.3 Å². The Hall–Kier alpha value is -2.27. The molecule has 0 radical (unpaired) electrons. The maximum absolute atomic E-state index is 13.7. The molecule has 1 heterocycles. The number of carboxylic acid groups (broad SMARTS) is 1. The summed E-state index contributed by atoms with van der Waals surface area (Å²) in [4.78, 5) is 13.6. The van der Waals surface area contributed by atoms with Gasteiger partial charge in [0.1, 0.15) is 17.8 Å². The number of ether oxygens (including phenoxy) is 1. The molecule has 3 rings (SSSR count). The first-order chi connectivity index (χ1) is 16.6. The van der Waals surface area contributed by atoms with Crippen LogP contribution in [-0.4, -0.2) is 38.7 Å². The summed E-state index contributed by atoms with van der Waals surface area (Å²) in [5.41, 5.74) is 0.831. The van der Waals surface area contributed by atoms with Gasteiger partial charge in [-0.25, -0.2) is 9.18 Å². The summed E-state index contributed by atoms with van der Waals surface area (Å²) in [5, 5.41) is 8.80. The Morgan fingerprint density at radius 2 is 1.94 bits per heavy atom. The molecule has 2 aromatic rings. The van der Waals surface area contributed by atoms with E-state index in [0.717, 1.165) is 19.3 Å². The molecule has 0 fully saturated rings. The van der Waals surface area contributed by atoms with E-state index in [4.69, 9.17) is 9.84 Å². The largest absolute Gasteiger partial charge is 0.476 e. The second-order valence-electron chi connectivity index (χ2n) is 8.69. The van der Waals surface area contributed by atoms with Crippen LogP contribution in [0.3, 0.4) is 0 Å². The molecular weight excluding hydrogens is 496 g/mol. The number of benzene rings is 2. The molecule has 10 heteroatoms. The summed E-state index contributed by atoms with van der Waals surface area (Å²) >= 11 is 1.29. The number of carboxylic acids is 1. The van der Waals surface area contributed by atoms with Gasteiger partial charge in [-0.2, -0.15) is 15.0 Å². The third-order valence-electron chi connectivity index (χ3n) is 6.33. The van der Waals surface area contributed by atoms with Crippen LogP contribution in [0.5, 0.6) is 5.75 Å². The van der Waals surface area contributed by atoms with Crippen molar-refractivity contribution in [1.29, 1.82) is 0 Å². The normalized spacial score (nSPS) is 20.7. The Labute approximate surface area is 210 Å². The van der Waals surface area contributed by atoms with Gasteiger partial charge in [-0.15, -0.1) is 11.8 Å². The molecule has 2 aromatic carbocycles. The van der Waals surface area contributed by atoms with Crippen molar-refractivity contribution < 1.29 is 32.5 Å². The fourth-order valence-corrected chi connectivity index (χ4v) is 7.12. The summed E-state index contributed by atoms with van der Waals surface area (Å²) in [7, 11) is -3.32. The summed E-state index contributed by atoms with van der Waals surface area (Å²) < 4.78 is 55.5. The number of thioether (sulfide) groups is 1. The minimum atomic E-state index is -3.32. The lowest BCUT2D eigenvalue weighted by Crippen LogP contribution is -2.37. The number of rotatable bonds is 9. The highest BCUT2D eigenvalue weighted by Gasteiger charge is 2.42. The molecule has 0 aromatic heterocycles. The van der Waals surface area contributed by atoms with Crippen LogP contribution < -0.4 is 9.64 Å². The van der Waals surface area contributed by atoms with Gasteiger partial charge in [0, 0.05) is 29.5 Å². The van der Waals surface area contributed by atoms with Crippen molar-refractivity contribution in [3.8, 4) is 5.75 Å². The topological polar surface area (TPSA) is 90.2 Å². The van der Waals surface area contributed by atoms with Gasteiger partial charge < -0.3 is 14.7 Å². The third-order valence-corrected chi connectivity index (χ3v) is 9.14. The molecule has 0 saturated heterocycles. The quantitative estimate of drug-likeness (QED) is 0.175. The number of halogens is 2. The summed E-state index contributed by atoms with van der Waals surface area (Å²) in [6, 6.07) is 9.22. The van der Waals surface area contributed by atoms with Crippen molar-refractivity contribution in [3.63, 3.8) is 0 Å². The van der Waals surface area contributed by atoms with Gasteiger partial charge >= 0.3 is 5.97 Å². The van der Waals surface area contributed by atoms with Crippen molar-refractivity contribution >= 4 is 39.7 Å². The van der Waals surface area contributed by atoms with E-state index in [0.29, 0.717) is 35.5 Å². The lowest BCUT2D eigenvalue weighted by Gasteiger charge is -2.41. The van der Waals surface area contributed by atoms with E-state index >= 15 is 0 Å². The number of carbonyl (C=O) groups is 1. The summed E-state index contributed by atoms with van der Waals surface area (Å²) in [6.45, 7) is 4.62. The van der Waals surface area contributed by atoms with Gasteiger partial charge in [0.15, 0.2) is 0 Å². The van der Waals surface area contributed by atoms with Gasteiger partial charge in [0.05, 0.1) is 15.5 Å². The molecule has 6 nitrogen and oxygen atoms in total. The van der Waals surface area contributed by atoms with E-state index in [-0.39, 0.29) is 22.2 Å². The molecule has 0 saturated carbocycles. The molecule has 0 bridgehead atoms. The fraction of sp³-hybridized carbons (Fsp3) is 0.400. The summed E-state index contributed by atoms with van der Waals surface area (Å²) in [6.07, 6.45) is 5.63. The first-order valence-electron chi connectivity index (χ1n) is 11.3.